The van der Waals surface area contributed by atoms with E-state index in [1.165, 1.54) is 11.1 Å². The van der Waals surface area contributed by atoms with E-state index < -0.39 is 0 Å². The molecule has 0 aliphatic heterocycles. The number of carbonyl (C=O) groups is 1. The number of carbonyl (C=O) groups excluding carboxylic acids is 1. The maximum atomic E-state index is 12.4. The van der Waals surface area contributed by atoms with Gasteiger partial charge in [-0.15, -0.1) is 0 Å². The molecule has 2 aromatic rings. The molecule has 1 aromatic carbocycles. The number of aromatic nitrogens is 1. The van der Waals surface area contributed by atoms with Gasteiger partial charge in [0.2, 0.25) is 0 Å². The van der Waals surface area contributed by atoms with E-state index in [2.05, 4.69) is 35.4 Å². The fraction of sp³-hybridized carbons (Fsp3) is 0.368. The van der Waals surface area contributed by atoms with Crippen molar-refractivity contribution in [1.82, 2.24) is 15.2 Å². The Bertz CT molecular complexity index is 632. The maximum absolute atomic E-state index is 12.4. The first-order chi connectivity index (χ1) is 11.7. The van der Waals surface area contributed by atoms with E-state index in [1.54, 1.807) is 24.4 Å². The Balaban J connectivity index is 1.87. The largest absolute Gasteiger partial charge is 0.383 e. The molecule has 0 radical (unpaired) electrons. The standard InChI is InChI=1S/C19H25N3O2/c1-16-5-3-6-17(13-16)8-10-21-19(23)22(11-12-24-2)15-18-7-4-9-20-14-18/h3-7,9,13-14H,8,10-12,15H2,1-2H3,(H,21,23). The molecule has 1 heterocycles. The van der Waals surface area contributed by atoms with Crippen LogP contribution in [0.1, 0.15) is 16.7 Å². The number of urea groups is 1. The number of hydrogen-bond acceptors (Lipinski definition) is 3. The summed E-state index contributed by atoms with van der Waals surface area (Å²) in [5, 5.41) is 2.99. The topological polar surface area (TPSA) is 54.5 Å². The SMILES string of the molecule is COCCN(Cc1cccnc1)C(=O)NCCc1cccc(C)c1. The Labute approximate surface area is 143 Å². The Kier molecular flexibility index (Phi) is 7.23. The highest BCUT2D eigenvalue weighted by molar-refractivity contribution is 5.74. The molecule has 5 heteroatoms. The summed E-state index contributed by atoms with van der Waals surface area (Å²) in [6.45, 7) is 4.25. The van der Waals surface area contributed by atoms with Crippen LogP contribution in [0.15, 0.2) is 48.8 Å². The predicted molar refractivity (Wildman–Crippen MR) is 94.8 cm³/mol. The van der Waals surface area contributed by atoms with Gasteiger partial charge in [0.25, 0.3) is 0 Å². The van der Waals surface area contributed by atoms with Crippen molar-refractivity contribution in [2.45, 2.75) is 19.9 Å². The van der Waals surface area contributed by atoms with Crippen LogP contribution in [0.2, 0.25) is 0 Å². The first-order valence-electron chi connectivity index (χ1n) is 8.15. The second-order valence-corrected chi connectivity index (χ2v) is 5.75. The van der Waals surface area contributed by atoms with Gasteiger partial charge in [-0.25, -0.2) is 4.79 Å². The number of pyridine rings is 1. The molecule has 5 nitrogen and oxygen atoms in total. The van der Waals surface area contributed by atoms with Crippen LogP contribution in [0.5, 0.6) is 0 Å². The van der Waals surface area contributed by atoms with Crippen molar-refractivity contribution in [2.24, 2.45) is 0 Å². The lowest BCUT2D eigenvalue weighted by Gasteiger charge is -2.23. The van der Waals surface area contributed by atoms with Crippen LogP contribution in [0.4, 0.5) is 4.79 Å². The minimum absolute atomic E-state index is 0.0800. The van der Waals surface area contributed by atoms with Crippen molar-refractivity contribution in [3.05, 3.63) is 65.5 Å². The van der Waals surface area contributed by atoms with E-state index in [0.29, 0.717) is 26.2 Å². The zero-order valence-electron chi connectivity index (χ0n) is 14.4. The van der Waals surface area contributed by atoms with Gasteiger partial charge in [0, 0.05) is 39.1 Å². The molecule has 0 unspecified atom stereocenters. The van der Waals surface area contributed by atoms with Crippen molar-refractivity contribution in [3.8, 4) is 0 Å². The van der Waals surface area contributed by atoms with Gasteiger partial charge in [-0.2, -0.15) is 0 Å². The van der Waals surface area contributed by atoms with Gasteiger partial charge in [-0.3, -0.25) is 4.98 Å². The van der Waals surface area contributed by atoms with E-state index >= 15 is 0 Å². The number of ether oxygens (including phenoxy) is 1. The highest BCUT2D eigenvalue weighted by Gasteiger charge is 2.13. The van der Waals surface area contributed by atoms with Crippen LogP contribution in [-0.4, -0.2) is 42.7 Å². The first-order valence-corrected chi connectivity index (χ1v) is 8.15. The number of methoxy groups -OCH3 is 1. The van der Waals surface area contributed by atoms with Crippen molar-refractivity contribution in [2.75, 3.05) is 26.8 Å². The second kappa shape index (κ2) is 9.67. The van der Waals surface area contributed by atoms with Crippen LogP contribution in [0, 0.1) is 6.92 Å². The lowest BCUT2D eigenvalue weighted by Crippen LogP contribution is -2.42. The van der Waals surface area contributed by atoms with Gasteiger partial charge < -0.3 is 15.0 Å². The molecule has 0 spiro atoms. The molecule has 1 N–H and O–H groups in total. The molecule has 2 amide bonds. The van der Waals surface area contributed by atoms with Gasteiger partial charge in [-0.05, 0) is 30.5 Å². The molecule has 0 saturated heterocycles. The molecule has 128 valence electrons. The zero-order chi connectivity index (χ0) is 17.2. The number of hydrogen-bond donors (Lipinski definition) is 1. The lowest BCUT2D eigenvalue weighted by molar-refractivity contribution is 0.146. The Morgan fingerprint density at radius 1 is 1.25 bits per heavy atom. The lowest BCUT2D eigenvalue weighted by atomic mass is 10.1. The molecule has 24 heavy (non-hydrogen) atoms. The molecule has 0 aliphatic carbocycles. The highest BCUT2D eigenvalue weighted by Crippen LogP contribution is 2.05. The van der Waals surface area contributed by atoms with Crippen molar-refractivity contribution in [3.63, 3.8) is 0 Å². The summed E-state index contributed by atoms with van der Waals surface area (Å²) in [6, 6.07) is 12.1. The normalized spacial score (nSPS) is 10.4. The van der Waals surface area contributed by atoms with Gasteiger partial charge in [0.15, 0.2) is 0 Å². The summed E-state index contributed by atoms with van der Waals surface area (Å²) >= 11 is 0. The van der Waals surface area contributed by atoms with E-state index in [4.69, 9.17) is 4.74 Å². The third-order valence-corrected chi connectivity index (χ3v) is 3.72. The van der Waals surface area contributed by atoms with Crippen molar-refractivity contribution in [1.29, 1.82) is 0 Å². The Morgan fingerprint density at radius 3 is 2.79 bits per heavy atom. The van der Waals surface area contributed by atoms with Crippen LogP contribution >= 0.6 is 0 Å². The molecular formula is C19H25N3O2. The van der Waals surface area contributed by atoms with Gasteiger partial charge in [0.1, 0.15) is 0 Å². The quantitative estimate of drug-likeness (QED) is 0.811. The summed E-state index contributed by atoms with van der Waals surface area (Å²) in [6.07, 6.45) is 4.32. The highest BCUT2D eigenvalue weighted by atomic mass is 16.5. The predicted octanol–water partition coefficient (Wildman–Crippen LogP) is 2.79. The third kappa shape index (κ3) is 6.01. The average Bonchev–Trinajstić information content (AvgIpc) is 2.59. The Morgan fingerprint density at radius 2 is 2.08 bits per heavy atom. The van der Waals surface area contributed by atoms with Gasteiger partial charge in [0.05, 0.1) is 6.61 Å². The fourth-order valence-electron chi connectivity index (χ4n) is 2.46. The van der Waals surface area contributed by atoms with Crippen LogP contribution in [0.3, 0.4) is 0 Å². The molecule has 0 atom stereocenters. The zero-order valence-corrected chi connectivity index (χ0v) is 14.4. The summed E-state index contributed by atoms with van der Waals surface area (Å²) in [7, 11) is 1.64. The van der Waals surface area contributed by atoms with E-state index in [0.717, 1.165) is 12.0 Å². The minimum atomic E-state index is -0.0800. The number of rotatable bonds is 8. The van der Waals surface area contributed by atoms with Crippen molar-refractivity contribution >= 4 is 6.03 Å². The van der Waals surface area contributed by atoms with Crippen LogP contribution in [0.25, 0.3) is 0 Å². The molecule has 0 aliphatic rings. The molecular weight excluding hydrogens is 302 g/mol. The van der Waals surface area contributed by atoms with Crippen molar-refractivity contribution < 1.29 is 9.53 Å². The number of benzene rings is 1. The van der Waals surface area contributed by atoms with Gasteiger partial charge >= 0.3 is 6.03 Å². The Hall–Kier alpha value is -2.40. The molecule has 2 rings (SSSR count). The summed E-state index contributed by atoms with van der Waals surface area (Å²) in [4.78, 5) is 18.3. The van der Waals surface area contributed by atoms with Gasteiger partial charge in [-0.1, -0.05) is 35.9 Å². The molecule has 0 fully saturated rings. The minimum Gasteiger partial charge on any atom is -0.383 e. The number of aryl methyl sites for hydroxylation is 1. The third-order valence-electron chi connectivity index (χ3n) is 3.72. The second-order valence-electron chi connectivity index (χ2n) is 5.75. The fourth-order valence-corrected chi connectivity index (χ4v) is 2.46. The monoisotopic (exact) mass is 327 g/mol. The van der Waals surface area contributed by atoms with E-state index in [1.807, 2.05) is 18.2 Å². The molecule has 0 bridgehead atoms. The van der Waals surface area contributed by atoms with E-state index in [-0.39, 0.29) is 6.03 Å². The average molecular weight is 327 g/mol. The van der Waals surface area contributed by atoms with Crippen LogP contribution < -0.4 is 5.32 Å². The summed E-state index contributed by atoms with van der Waals surface area (Å²) in [5.41, 5.74) is 3.46. The van der Waals surface area contributed by atoms with Crippen LogP contribution in [-0.2, 0) is 17.7 Å². The van der Waals surface area contributed by atoms with E-state index in [9.17, 15) is 4.79 Å². The number of nitrogens with one attached hydrogen (secondary N) is 1. The smallest absolute Gasteiger partial charge is 0.317 e. The first kappa shape index (κ1) is 17.9. The molecule has 1 aromatic heterocycles. The molecule has 0 saturated carbocycles. The summed E-state index contributed by atoms with van der Waals surface area (Å²) < 4.78 is 5.11. The summed E-state index contributed by atoms with van der Waals surface area (Å²) in [5.74, 6) is 0. The maximum Gasteiger partial charge on any atom is 0.317 e. The number of nitrogens with zero attached hydrogens (tertiary/aromatic N) is 2. The number of amides is 2.